The smallest absolute Gasteiger partial charge is 0.0533 e. The van der Waals surface area contributed by atoms with E-state index in [1.165, 1.54) is 25.0 Å². The fourth-order valence-electron chi connectivity index (χ4n) is 2.40. The highest BCUT2D eigenvalue weighted by Gasteiger charge is 2.25. The highest BCUT2D eigenvalue weighted by molar-refractivity contribution is 6.30. The molecule has 0 unspecified atom stereocenters. The molecule has 17 heavy (non-hydrogen) atoms. The molecule has 0 saturated heterocycles. The highest BCUT2D eigenvalue weighted by atomic mass is 35.5. The van der Waals surface area contributed by atoms with E-state index in [-0.39, 0.29) is 0 Å². The monoisotopic (exact) mass is 246 g/mol. The third-order valence-corrected chi connectivity index (χ3v) is 3.81. The zero-order chi connectivity index (χ0) is 11.8. The maximum absolute atomic E-state index is 6.07. The van der Waals surface area contributed by atoms with E-state index in [0.29, 0.717) is 5.92 Å². The van der Waals surface area contributed by atoms with Crippen LogP contribution in [0.15, 0.2) is 36.5 Å². The predicted octanol–water partition coefficient (Wildman–Crippen LogP) is 3.98. The summed E-state index contributed by atoms with van der Waals surface area (Å²) in [4.78, 5) is 0. The summed E-state index contributed by atoms with van der Waals surface area (Å²) < 4.78 is 2.19. The summed E-state index contributed by atoms with van der Waals surface area (Å²) in [5, 5.41) is 0.763. The van der Waals surface area contributed by atoms with E-state index in [2.05, 4.69) is 4.57 Å². The van der Waals surface area contributed by atoms with Gasteiger partial charge in [-0.25, -0.2) is 0 Å². The molecule has 1 saturated carbocycles. The number of hydrogen-bond acceptors (Lipinski definition) is 1. The molecule has 3 heteroatoms. The van der Waals surface area contributed by atoms with Crippen molar-refractivity contribution in [3.8, 4) is 5.69 Å². The molecule has 1 aliphatic carbocycles. The first-order chi connectivity index (χ1) is 8.25. The lowest BCUT2D eigenvalue weighted by atomic mass is 9.82. The van der Waals surface area contributed by atoms with Gasteiger partial charge in [0.05, 0.1) is 5.69 Å². The number of nitrogens with zero attached hydrogens (tertiary/aromatic N) is 1. The second-order valence-corrected chi connectivity index (χ2v) is 5.07. The average Bonchev–Trinajstić information content (AvgIpc) is 2.61. The molecule has 1 heterocycles. The van der Waals surface area contributed by atoms with Crippen molar-refractivity contribution in [3.63, 3.8) is 0 Å². The SMILES string of the molecule is Nc1ccn(-c2ccc(Cl)cc2)c1C1CCC1. The van der Waals surface area contributed by atoms with Crippen LogP contribution >= 0.6 is 11.6 Å². The van der Waals surface area contributed by atoms with Gasteiger partial charge in [-0.05, 0) is 43.2 Å². The van der Waals surface area contributed by atoms with Crippen molar-refractivity contribution >= 4 is 17.3 Å². The van der Waals surface area contributed by atoms with Crippen LogP contribution in [0.3, 0.4) is 0 Å². The molecule has 1 aromatic heterocycles. The number of nitrogens with two attached hydrogens (primary N) is 1. The van der Waals surface area contributed by atoms with Crippen LogP contribution in [0, 0.1) is 0 Å². The first-order valence-electron chi connectivity index (χ1n) is 5.98. The van der Waals surface area contributed by atoms with Gasteiger partial charge in [-0.15, -0.1) is 0 Å². The van der Waals surface area contributed by atoms with Crippen LogP contribution in [0.5, 0.6) is 0 Å². The lowest BCUT2D eigenvalue weighted by Gasteiger charge is -2.27. The Hall–Kier alpha value is -1.41. The normalized spacial score (nSPS) is 15.8. The quantitative estimate of drug-likeness (QED) is 0.854. The van der Waals surface area contributed by atoms with Crippen molar-refractivity contribution in [2.75, 3.05) is 5.73 Å². The second kappa shape index (κ2) is 4.11. The van der Waals surface area contributed by atoms with Gasteiger partial charge >= 0.3 is 0 Å². The minimum Gasteiger partial charge on any atom is -0.397 e. The molecule has 2 aromatic rings. The van der Waals surface area contributed by atoms with E-state index in [9.17, 15) is 0 Å². The maximum atomic E-state index is 6.07. The van der Waals surface area contributed by atoms with Crippen LogP contribution in [-0.4, -0.2) is 4.57 Å². The van der Waals surface area contributed by atoms with Gasteiger partial charge in [0.15, 0.2) is 0 Å². The lowest BCUT2D eigenvalue weighted by molar-refractivity contribution is 0.408. The van der Waals surface area contributed by atoms with Crippen LogP contribution < -0.4 is 5.73 Å². The number of halogens is 1. The van der Waals surface area contributed by atoms with E-state index in [1.54, 1.807) is 0 Å². The van der Waals surface area contributed by atoms with Gasteiger partial charge in [0.25, 0.3) is 0 Å². The van der Waals surface area contributed by atoms with E-state index in [1.807, 2.05) is 36.5 Å². The predicted molar refractivity (Wildman–Crippen MR) is 71.8 cm³/mol. The topological polar surface area (TPSA) is 30.9 Å². The fraction of sp³-hybridized carbons (Fsp3) is 0.286. The molecule has 0 bridgehead atoms. The highest BCUT2D eigenvalue weighted by Crippen LogP contribution is 2.40. The standard InChI is InChI=1S/C14H15ClN2/c15-11-4-6-12(7-5-11)17-9-8-13(16)14(17)10-2-1-3-10/h4-10H,1-3,16H2. The number of hydrogen-bond donors (Lipinski definition) is 1. The second-order valence-electron chi connectivity index (χ2n) is 4.63. The lowest BCUT2D eigenvalue weighted by Crippen LogP contribution is -2.14. The Balaban J connectivity index is 2.05. The van der Waals surface area contributed by atoms with Gasteiger partial charge < -0.3 is 10.3 Å². The summed E-state index contributed by atoms with van der Waals surface area (Å²) >= 11 is 5.91. The summed E-state index contributed by atoms with van der Waals surface area (Å²) in [5.74, 6) is 0.626. The van der Waals surface area contributed by atoms with Crippen molar-refractivity contribution in [2.24, 2.45) is 0 Å². The van der Waals surface area contributed by atoms with Gasteiger partial charge in [0, 0.05) is 28.5 Å². The van der Waals surface area contributed by atoms with Crippen LogP contribution in [0.25, 0.3) is 5.69 Å². The van der Waals surface area contributed by atoms with Gasteiger partial charge in [0.1, 0.15) is 0 Å². The molecule has 3 rings (SSSR count). The Bertz CT molecular complexity index is 524. The van der Waals surface area contributed by atoms with Crippen molar-refractivity contribution in [2.45, 2.75) is 25.2 Å². The molecule has 0 amide bonds. The van der Waals surface area contributed by atoms with Gasteiger partial charge in [-0.3, -0.25) is 0 Å². The molecule has 1 fully saturated rings. The Labute approximate surface area is 106 Å². The third-order valence-electron chi connectivity index (χ3n) is 3.56. The molecule has 0 spiro atoms. The Kier molecular flexibility index (Phi) is 2.60. The first-order valence-corrected chi connectivity index (χ1v) is 6.36. The largest absolute Gasteiger partial charge is 0.397 e. The fourth-order valence-corrected chi connectivity index (χ4v) is 2.53. The number of benzene rings is 1. The maximum Gasteiger partial charge on any atom is 0.0533 e. The molecule has 2 N–H and O–H groups in total. The van der Waals surface area contributed by atoms with E-state index in [4.69, 9.17) is 17.3 Å². The molecule has 1 aromatic carbocycles. The number of nitrogen functional groups attached to an aromatic ring is 1. The van der Waals surface area contributed by atoms with Crippen LogP contribution in [0.1, 0.15) is 30.9 Å². The van der Waals surface area contributed by atoms with Gasteiger partial charge in [-0.2, -0.15) is 0 Å². The number of anilines is 1. The molecule has 1 aliphatic rings. The molecular formula is C14H15ClN2. The Morgan fingerprint density at radius 2 is 1.82 bits per heavy atom. The number of rotatable bonds is 2. The Morgan fingerprint density at radius 1 is 1.12 bits per heavy atom. The van der Waals surface area contributed by atoms with Crippen LogP contribution in [-0.2, 0) is 0 Å². The van der Waals surface area contributed by atoms with Crippen molar-refractivity contribution in [1.82, 2.24) is 4.57 Å². The zero-order valence-corrected chi connectivity index (χ0v) is 10.3. The van der Waals surface area contributed by atoms with Gasteiger partial charge in [-0.1, -0.05) is 18.0 Å². The zero-order valence-electron chi connectivity index (χ0n) is 9.57. The number of aromatic nitrogens is 1. The molecule has 88 valence electrons. The molecule has 2 nitrogen and oxygen atoms in total. The minimum atomic E-state index is 0.626. The summed E-state index contributed by atoms with van der Waals surface area (Å²) in [6.07, 6.45) is 5.87. The van der Waals surface area contributed by atoms with Crippen molar-refractivity contribution in [1.29, 1.82) is 0 Å². The summed E-state index contributed by atoms with van der Waals surface area (Å²) in [5.41, 5.74) is 9.37. The summed E-state index contributed by atoms with van der Waals surface area (Å²) in [6.45, 7) is 0. The minimum absolute atomic E-state index is 0.626. The summed E-state index contributed by atoms with van der Waals surface area (Å²) in [6, 6.07) is 9.88. The van der Waals surface area contributed by atoms with Crippen molar-refractivity contribution in [3.05, 3.63) is 47.2 Å². The molecular weight excluding hydrogens is 232 g/mol. The van der Waals surface area contributed by atoms with Crippen LogP contribution in [0.4, 0.5) is 5.69 Å². The van der Waals surface area contributed by atoms with E-state index < -0.39 is 0 Å². The van der Waals surface area contributed by atoms with Crippen molar-refractivity contribution < 1.29 is 0 Å². The van der Waals surface area contributed by atoms with Gasteiger partial charge in [0.2, 0.25) is 0 Å². The third kappa shape index (κ3) is 1.83. The molecule has 0 aliphatic heterocycles. The van der Waals surface area contributed by atoms with E-state index >= 15 is 0 Å². The molecule has 0 radical (unpaired) electrons. The average molecular weight is 247 g/mol. The van der Waals surface area contributed by atoms with E-state index in [0.717, 1.165) is 16.4 Å². The molecule has 0 atom stereocenters. The Morgan fingerprint density at radius 3 is 2.41 bits per heavy atom. The summed E-state index contributed by atoms with van der Waals surface area (Å²) in [7, 11) is 0. The first kappa shape index (κ1) is 10.7. The van der Waals surface area contributed by atoms with Crippen LogP contribution in [0.2, 0.25) is 5.02 Å².